The lowest BCUT2D eigenvalue weighted by molar-refractivity contribution is 0.0725. The van der Waals surface area contributed by atoms with Gasteiger partial charge in [-0.1, -0.05) is 39.5 Å². The second-order valence-electron chi connectivity index (χ2n) is 6.42. The minimum absolute atomic E-state index is 0.770. The maximum absolute atomic E-state index is 5.97. The van der Waals surface area contributed by atoms with E-state index >= 15 is 0 Å². The smallest absolute Gasteiger partial charge is 0.0138 e. The summed E-state index contributed by atoms with van der Waals surface area (Å²) in [5.74, 6) is 1.75. The Hall–Kier alpha value is -0.0800. The summed E-state index contributed by atoms with van der Waals surface area (Å²) in [6.45, 7) is 6.83. The van der Waals surface area contributed by atoms with Crippen molar-refractivity contribution in [3.8, 4) is 0 Å². The lowest BCUT2D eigenvalue weighted by Gasteiger charge is -2.42. The Labute approximate surface area is 113 Å². The van der Waals surface area contributed by atoms with Crippen molar-refractivity contribution in [1.29, 1.82) is 0 Å². The van der Waals surface area contributed by atoms with Crippen LogP contribution in [0.25, 0.3) is 0 Å². The molecule has 0 aromatic heterocycles. The Kier molecular flexibility index (Phi) is 5.50. The number of hydrogen-bond donors (Lipinski definition) is 1. The highest BCUT2D eigenvalue weighted by Gasteiger charge is 2.35. The van der Waals surface area contributed by atoms with Crippen LogP contribution in [0.1, 0.15) is 65.2 Å². The molecular weight excluding hydrogens is 220 g/mol. The molecule has 0 spiro atoms. The standard InChI is InChI=1S/C16H32N2/c1-3-13-7-5-9-15(11-13)18(4-2)16-10-6-8-14(16)12-17/h13-16H,3-12,17H2,1-2H3. The molecule has 2 rings (SSSR count). The van der Waals surface area contributed by atoms with E-state index in [2.05, 4.69) is 18.7 Å². The first-order valence-electron chi connectivity index (χ1n) is 8.25. The molecule has 0 aliphatic heterocycles. The third-order valence-electron chi connectivity index (χ3n) is 5.51. The molecular formula is C16H32N2. The molecule has 2 heteroatoms. The van der Waals surface area contributed by atoms with Gasteiger partial charge in [0.1, 0.15) is 0 Å². The van der Waals surface area contributed by atoms with Gasteiger partial charge in [-0.2, -0.15) is 0 Å². The predicted molar refractivity (Wildman–Crippen MR) is 78.6 cm³/mol. The molecule has 0 amide bonds. The molecule has 0 heterocycles. The van der Waals surface area contributed by atoms with Crippen LogP contribution in [-0.4, -0.2) is 30.1 Å². The highest BCUT2D eigenvalue weighted by Crippen LogP contribution is 2.36. The van der Waals surface area contributed by atoms with Crippen molar-refractivity contribution in [2.24, 2.45) is 17.6 Å². The van der Waals surface area contributed by atoms with Gasteiger partial charge in [-0.15, -0.1) is 0 Å². The molecule has 2 aliphatic rings. The number of nitrogens with two attached hydrogens (primary N) is 1. The van der Waals surface area contributed by atoms with Crippen LogP contribution in [-0.2, 0) is 0 Å². The maximum atomic E-state index is 5.97. The summed E-state index contributed by atoms with van der Waals surface area (Å²) < 4.78 is 0. The highest BCUT2D eigenvalue weighted by molar-refractivity contribution is 4.90. The summed E-state index contributed by atoms with van der Waals surface area (Å²) in [6, 6.07) is 1.64. The molecule has 4 atom stereocenters. The van der Waals surface area contributed by atoms with Gasteiger partial charge in [0.05, 0.1) is 0 Å². The Morgan fingerprint density at radius 3 is 2.50 bits per heavy atom. The van der Waals surface area contributed by atoms with Gasteiger partial charge in [-0.05, 0) is 50.6 Å². The van der Waals surface area contributed by atoms with Crippen molar-refractivity contribution < 1.29 is 0 Å². The summed E-state index contributed by atoms with van der Waals surface area (Å²) in [5.41, 5.74) is 5.97. The zero-order valence-corrected chi connectivity index (χ0v) is 12.4. The van der Waals surface area contributed by atoms with Crippen molar-refractivity contribution in [1.82, 2.24) is 4.90 Å². The fourth-order valence-electron chi connectivity index (χ4n) is 4.43. The third-order valence-corrected chi connectivity index (χ3v) is 5.51. The first kappa shape index (κ1) is 14.3. The quantitative estimate of drug-likeness (QED) is 0.812. The fraction of sp³-hybridized carbons (Fsp3) is 1.00. The van der Waals surface area contributed by atoms with E-state index in [0.717, 1.165) is 30.5 Å². The van der Waals surface area contributed by atoms with Crippen LogP contribution in [0, 0.1) is 11.8 Å². The lowest BCUT2D eigenvalue weighted by Crippen LogP contribution is -2.48. The van der Waals surface area contributed by atoms with Crippen LogP contribution < -0.4 is 5.73 Å². The van der Waals surface area contributed by atoms with E-state index in [1.54, 1.807) is 0 Å². The van der Waals surface area contributed by atoms with Gasteiger partial charge in [-0.25, -0.2) is 0 Å². The predicted octanol–water partition coefficient (Wildman–Crippen LogP) is 3.40. The molecule has 2 saturated carbocycles. The normalized spacial score (nSPS) is 37.3. The van der Waals surface area contributed by atoms with E-state index in [0.29, 0.717) is 0 Å². The molecule has 0 saturated heterocycles. The second-order valence-corrected chi connectivity index (χ2v) is 6.42. The SMILES string of the molecule is CCC1CCCC(N(CC)C2CCCC2CN)C1. The van der Waals surface area contributed by atoms with E-state index in [1.165, 1.54) is 57.9 Å². The molecule has 0 radical (unpaired) electrons. The van der Waals surface area contributed by atoms with Crippen LogP contribution in [0.15, 0.2) is 0 Å². The minimum atomic E-state index is 0.770. The third kappa shape index (κ3) is 3.08. The Balaban J connectivity index is 1.98. The minimum Gasteiger partial charge on any atom is -0.330 e. The first-order chi connectivity index (χ1) is 8.80. The number of rotatable bonds is 5. The van der Waals surface area contributed by atoms with Crippen LogP contribution in [0.4, 0.5) is 0 Å². The zero-order valence-electron chi connectivity index (χ0n) is 12.4. The van der Waals surface area contributed by atoms with Crippen molar-refractivity contribution in [2.75, 3.05) is 13.1 Å². The van der Waals surface area contributed by atoms with E-state index in [-0.39, 0.29) is 0 Å². The topological polar surface area (TPSA) is 29.3 Å². The zero-order chi connectivity index (χ0) is 13.0. The molecule has 0 aromatic rings. The van der Waals surface area contributed by atoms with Gasteiger partial charge < -0.3 is 5.73 Å². The summed E-state index contributed by atoms with van der Waals surface area (Å²) >= 11 is 0. The highest BCUT2D eigenvalue weighted by atomic mass is 15.2. The van der Waals surface area contributed by atoms with E-state index in [1.807, 2.05) is 0 Å². The summed E-state index contributed by atoms with van der Waals surface area (Å²) in [7, 11) is 0. The first-order valence-corrected chi connectivity index (χ1v) is 8.25. The Morgan fingerprint density at radius 2 is 1.83 bits per heavy atom. The molecule has 106 valence electrons. The summed E-state index contributed by atoms with van der Waals surface area (Å²) in [5, 5.41) is 0. The monoisotopic (exact) mass is 252 g/mol. The van der Waals surface area contributed by atoms with Crippen molar-refractivity contribution in [2.45, 2.75) is 77.3 Å². The fourth-order valence-corrected chi connectivity index (χ4v) is 4.43. The second kappa shape index (κ2) is 6.91. The van der Waals surface area contributed by atoms with Crippen molar-refractivity contribution in [3.63, 3.8) is 0 Å². The Bertz CT molecular complexity index is 241. The van der Waals surface area contributed by atoms with Gasteiger partial charge in [-0.3, -0.25) is 4.90 Å². The average molecular weight is 252 g/mol. The van der Waals surface area contributed by atoms with E-state index in [9.17, 15) is 0 Å². The van der Waals surface area contributed by atoms with E-state index in [4.69, 9.17) is 5.73 Å². The molecule has 2 nitrogen and oxygen atoms in total. The maximum Gasteiger partial charge on any atom is 0.0138 e. The van der Waals surface area contributed by atoms with Crippen molar-refractivity contribution >= 4 is 0 Å². The van der Waals surface area contributed by atoms with Gasteiger partial charge in [0.2, 0.25) is 0 Å². The van der Waals surface area contributed by atoms with Crippen LogP contribution >= 0.6 is 0 Å². The Morgan fingerprint density at radius 1 is 1.06 bits per heavy atom. The molecule has 0 aromatic carbocycles. The average Bonchev–Trinajstić information content (AvgIpc) is 2.88. The van der Waals surface area contributed by atoms with Gasteiger partial charge in [0.15, 0.2) is 0 Å². The molecule has 2 N–H and O–H groups in total. The molecule has 2 aliphatic carbocycles. The molecule has 0 bridgehead atoms. The molecule has 4 unspecified atom stereocenters. The van der Waals surface area contributed by atoms with Crippen LogP contribution in [0.3, 0.4) is 0 Å². The number of hydrogen-bond acceptors (Lipinski definition) is 2. The van der Waals surface area contributed by atoms with Gasteiger partial charge >= 0.3 is 0 Å². The van der Waals surface area contributed by atoms with Gasteiger partial charge in [0.25, 0.3) is 0 Å². The summed E-state index contributed by atoms with van der Waals surface area (Å²) in [4.78, 5) is 2.83. The number of nitrogens with zero attached hydrogens (tertiary/aromatic N) is 1. The van der Waals surface area contributed by atoms with Gasteiger partial charge in [0, 0.05) is 12.1 Å². The van der Waals surface area contributed by atoms with E-state index < -0.39 is 0 Å². The van der Waals surface area contributed by atoms with Crippen LogP contribution in [0.5, 0.6) is 0 Å². The largest absolute Gasteiger partial charge is 0.330 e. The summed E-state index contributed by atoms with van der Waals surface area (Å²) in [6.07, 6.45) is 11.3. The van der Waals surface area contributed by atoms with Crippen LogP contribution in [0.2, 0.25) is 0 Å². The molecule has 18 heavy (non-hydrogen) atoms. The lowest BCUT2D eigenvalue weighted by atomic mass is 9.82. The van der Waals surface area contributed by atoms with Crippen molar-refractivity contribution in [3.05, 3.63) is 0 Å². The molecule has 2 fully saturated rings.